The van der Waals surface area contributed by atoms with Crippen molar-refractivity contribution in [2.24, 2.45) is 0 Å². The van der Waals surface area contributed by atoms with E-state index >= 15 is 0 Å². The van der Waals surface area contributed by atoms with Gasteiger partial charge in [0.05, 0.1) is 17.6 Å². The maximum Gasteiger partial charge on any atom is 0.163 e. The number of Topliss-reactive ketones (excluding diaryl/α,β-unsaturated/α-hetero) is 1. The minimum atomic E-state index is -0.105. The molecule has 116 valence electrons. The van der Waals surface area contributed by atoms with Crippen LogP contribution in [-0.2, 0) is 4.79 Å². The van der Waals surface area contributed by atoms with Crippen molar-refractivity contribution in [2.45, 2.75) is 25.8 Å². The zero-order chi connectivity index (χ0) is 15.8. The molecule has 0 radical (unpaired) electrons. The largest absolute Gasteiger partial charge is 0.346 e. The molecule has 0 spiro atoms. The van der Waals surface area contributed by atoms with Gasteiger partial charge in [-0.25, -0.2) is 9.97 Å². The number of fused-ring (bicyclic) bond motifs is 1. The standard InChI is InChI=1S/C17H17N5O/c1-11(23)14-8-5-9-22(14)17-13-10-18-21-16(13)19-15(20-17)12-6-3-2-4-7-12/h2-4,6-7,10,14H,5,8-9H2,1H3,(H,18,19,20,21)/t14-/m0/s1. The summed E-state index contributed by atoms with van der Waals surface area (Å²) in [6, 6.07) is 9.74. The van der Waals surface area contributed by atoms with E-state index in [4.69, 9.17) is 4.98 Å². The summed E-state index contributed by atoms with van der Waals surface area (Å²) in [5.41, 5.74) is 1.65. The SMILES string of the molecule is CC(=O)[C@@H]1CCCN1c1nc(-c2ccccc2)nc2[nH]ncc12. The third-order valence-electron chi connectivity index (χ3n) is 4.32. The molecular formula is C17H17N5O. The molecule has 4 rings (SSSR count). The number of aromatic nitrogens is 4. The lowest BCUT2D eigenvalue weighted by Gasteiger charge is -2.24. The number of aromatic amines is 1. The first-order chi connectivity index (χ1) is 11.2. The molecule has 1 fully saturated rings. The van der Waals surface area contributed by atoms with Gasteiger partial charge in [0.15, 0.2) is 17.3 Å². The molecule has 1 aliphatic rings. The average molecular weight is 307 g/mol. The Kier molecular flexibility index (Phi) is 3.29. The van der Waals surface area contributed by atoms with E-state index in [1.165, 1.54) is 0 Å². The van der Waals surface area contributed by atoms with Crippen LogP contribution in [0, 0.1) is 0 Å². The van der Waals surface area contributed by atoms with Crippen LogP contribution in [0.15, 0.2) is 36.5 Å². The highest BCUT2D eigenvalue weighted by molar-refractivity contribution is 5.92. The van der Waals surface area contributed by atoms with Crippen LogP contribution in [0.5, 0.6) is 0 Å². The molecule has 1 saturated heterocycles. The Balaban J connectivity index is 1.88. The quantitative estimate of drug-likeness (QED) is 0.805. The summed E-state index contributed by atoms with van der Waals surface area (Å²) in [7, 11) is 0. The summed E-state index contributed by atoms with van der Waals surface area (Å²) in [5.74, 6) is 1.62. The predicted molar refractivity (Wildman–Crippen MR) is 88.2 cm³/mol. The van der Waals surface area contributed by atoms with E-state index in [0.717, 1.165) is 36.2 Å². The highest BCUT2D eigenvalue weighted by Gasteiger charge is 2.31. The van der Waals surface area contributed by atoms with Crippen molar-refractivity contribution in [1.82, 2.24) is 20.2 Å². The van der Waals surface area contributed by atoms with Crippen LogP contribution in [0.2, 0.25) is 0 Å². The zero-order valence-corrected chi connectivity index (χ0v) is 12.9. The molecule has 3 aromatic rings. The van der Waals surface area contributed by atoms with E-state index in [9.17, 15) is 4.79 Å². The van der Waals surface area contributed by atoms with Gasteiger partial charge >= 0.3 is 0 Å². The van der Waals surface area contributed by atoms with Crippen LogP contribution >= 0.6 is 0 Å². The van der Waals surface area contributed by atoms with Gasteiger partial charge in [-0.1, -0.05) is 30.3 Å². The Morgan fingerprint density at radius 3 is 2.87 bits per heavy atom. The van der Waals surface area contributed by atoms with E-state index in [-0.39, 0.29) is 11.8 Å². The Bertz CT molecular complexity index is 858. The molecule has 1 aliphatic heterocycles. The van der Waals surface area contributed by atoms with Crippen LogP contribution in [-0.4, -0.2) is 38.5 Å². The number of nitrogens with zero attached hydrogens (tertiary/aromatic N) is 4. The number of ketones is 1. The van der Waals surface area contributed by atoms with Crippen LogP contribution in [0.4, 0.5) is 5.82 Å². The van der Waals surface area contributed by atoms with E-state index in [1.807, 2.05) is 30.3 Å². The Labute approximate surface area is 133 Å². The fraction of sp³-hybridized carbons (Fsp3) is 0.294. The molecule has 0 saturated carbocycles. The summed E-state index contributed by atoms with van der Waals surface area (Å²) in [5, 5.41) is 7.88. The van der Waals surface area contributed by atoms with Crippen molar-refractivity contribution in [2.75, 3.05) is 11.4 Å². The number of hydrogen-bond donors (Lipinski definition) is 1. The van der Waals surface area contributed by atoms with Gasteiger partial charge in [0, 0.05) is 12.1 Å². The lowest BCUT2D eigenvalue weighted by atomic mass is 10.1. The summed E-state index contributed by atoms with van der Waals surface area (Å²) < 4.78 is 0. The smallest absolute Gasteiger partial charge is 0.163 e. The van der Waals surface area contributed by atoms with Crippen LogP contribution < -0.4 is 4.90 Å². The number of benzene rings is 1. The maximum absolute atomic E-state index is 12.0. The zero-order valence-electron chi connectivity index (χ0n) is 12.9. The highest BCUT2D eigenvalue weighted by Crippen LogP contribution is 2.31. The monoisotopic (exact) mass is 307 g/mol. The number of rotatable bonds is 3. The van der Waals surface area contributed by atoms with E-state index in [2.05, 4.69) is 20.1 Å². The minimum absolute atomic E-state index is 0.105. The van der Waals surface area contributed by atoms with Gasteiger partial charge < -0.3 is 4.90 Å². The van der Waals surface area contributed by atoms with Crippen LogP contribution in [0.25, 0.3) is 22.4 Å². The molecule has 6 nitrogen and oxygen atoms in total. The number of nitrogens with one attached hydrogen (secondary N) is 1. The van der Waals surface area contributed by atoms with Gasteiger partial charge in [0.25, 0.3) is 0 Å². The van der Waals surface area contributed by atoms with Crippen molar-refractivity contribution in [3.8, 4) is 11.4 Å². The number of H-pyrrole nitrogens is 1. The molecule has 1 atom stereocenters. The highest BCUT2D eigenvalue weighted by atomic mass is 16.1. The Morgan fingerprint density at radius 1 is 1.26 bits per heavy atom. The molecule has 0 aliphatic carbocycles. The van der Waals surface area contributed by atoms with E-state index in [1.54, 1.807) is 13.1 Å². The Morgan fingerprint density at radius 2 is 2.09 bits per heavy atom. The lowest BCUT2D eigenvalue weighted by Crippen LogP contribution is -2.35. The predicted octanol–water partition coefficient (Wildman–Crippen LogP) is 2.58. The van der Waals surface area contributed by atoms with Crippen molar-refractivity contribution >= 4 is 22.6 Å². The van der Waals surface area contributed by atoms with Crippen molar-refractivity contribution in [1.29, 1.82) is 0 Å². The van der Waals surface area contributed by atoms with Crippen LogP contribution in [0.3, 0.4) is 0 Å². The molecule has 6 heteroatoms. The van der Waals surface area contributed by atoms with Gasteiger partial charge in [-0.15, -0.1) is 0 Å². The molecule has 0 unspecified atom stereocenters. The molecule has 1 aromatic carbocycles. The first kappa shape index (κ1) is 13.9. The fourth-order valence-corrected chi connectivity index (χ4v) is 3.20. The van der Waals surface area contributed by atoms with Gasteiger partial charge in [-0.2, -0.15) is 5.10 Å². The van der Waals surface area contributed by atoms with Gasteiger partial charge in [-0.3, -0.25) is 9.89 Å². The maximum atomic E-state index is 12.0. The number of hydrogen-bond acceptors (Lipinski definition) is 5. The van der Waals surface area contributed by atoms with Gasteiger partial charge in [0.1, 0.15) is 5.82 Å². The summed E-state index contributed by atoms with van der Waals surface area (Å²) >= 11 is 0. The fourth-order valence-electron chi connectivity index (χ4n) is 3.20. The summed E-state index contributed by atoms with van der Waals surface area (Å²) in [6.45, 7) is 2.48. The average Bonchev–Trinajstić information content (AvgIpc) is 3.23. The molecule has 3 heterocycles. The first-order valence-corrected chi connectivity index (χ1v) is 7.77. The molecule has 1 N–H and O–H groups in total. The normalized spacial score (nSPS) is 17.8. The molecule has 23 heavy (non-hydrogen) atoms. The van der Waals surface area contributed by atoms with Crippen molar-refractivity contribution in [3.63, 3.8) is 0 Å². The third-order valence-corrected chi connectivity index (χ3v) is 4.32. The molecular weight excluding hydrogens is 290 g/mol. The van der Waals surface area contributed by atoms with E-state index in [0.29, 0.717) is 11.5 Å². The van der Waals surface area contributed by atoms with Crippen LogP contribution in [0.1, 0.15) is 19.8 Å². The van der Waals surface area contributed by atoms with Crippen molar-refractivity contribution < 1.29 is 4.79 Å². The molecule has 2 aromatic heterocycles. The van der Waals surface area contributed by atoms with Gasteiger partial charge in [0.2, 0.25) is 0 Å². The number of anilines is 1. The molecule has 0 amide bonds. The molecule has 0 bridgehead atoms. The third kappa shape index (κ3) is 2.36. The second-order valence-corrected chi connectivity index (χ2v) is 5.83. The Hall–Kier alpha value is -2.76. The second kappa shape index (κ2) is 5.46. The number of carbonyl (C=O) groups excluding carboxylic acids is 1. The van der Waals surface area contributed by atoms with Gasteiger partial charge in [-0.05, 0) is 19.8 Å². The first-order valence-electron chi connectivity index (χ1n) is 7.77. The van der Waals surface area contributed by atoms with E-state index < -0.39 is 0 Å². The lowest BCUT2D eigenvalue weighted by molar-refractivity contribution is -0.118. The summed E-state index contributed by atoms with van der Waals surface area (Å²) in [4.78, 5) is 23.4. The summed E-state index contributed by atoms with van der Waals surface area (Å²) in [6.07, 6.45) is 3.60. The topological polar surface area (TPSA) is 74.8 Å². The second-order valence-electron chi connectivity index (χ2n) is 5.83. The van der Waals surface area contributed by atoms with Crippen molar-refractivity contribution in [3.05, 3.63) is 36.5 Å². The number of carbonyl (C=O) groups is 1. The minimum Gasteiger partial charge on any atom is -0.346 e.